The minimum Gasteiger partial charge on any atom is -0.384 e. The van der Waals surface area contributed by atoms with E-state index in [1.54, 1.807) is 18.7 Å². The molecule has 0 aromatic carbocycles. The Bertz CT molecular complexity index is 366. The molecule has 0 aliphatic rings. The maximum atomic E-state index is 10.4. The molecule has 0 aliphatic heterocycles. The van der Waals surface area contributed by atoms with Crippen molar-refractivity contribution in [3.8, 4) is 0 Å². The van der Waals surface area contributed by atoms with Gasteiger partial charge < -0.3 is 5.73 Å². The minimum absolute atomic E-state index is 0.376. The number of anilines is 1. The van der Waals surface area contributed by atoms with Gasteiger partial charge in [-0.3, -0.25) is 14.4 Å². The molecule has 12 heavy (non-hydrogen) atoms. The summed E-state index contributed by atoms with van der Waals surface area (Å²) in [4.78, 5) is 18.2. The molecule has 2 N–H and O–H groups in total. The smallest absolute Gasteiger partial charge is 0.225 e. The number of aromatic nitrogens is 2. The van der Waals surface area contributed by atoms with Crippen LogP contribution in [0.4, 0.5) is 5.82 Å². The zero-order valence-corrected chi connectivity index (χ0v) is 6.98. The topological polar surface area (TPSA) is 73.3 Å². The standard InChI is InChI=1S/C7H10N4O/c1-9-7-10-3-5(4-12)6(8)11(7)2/h3-4H,8H2,1-2H3. The minimum atomic E-state index is 0.376. The lowest BCUT2D eigenvalue weighted by atomic mass is 10.3. The van der Waals surface area contributed by atoms with E-state index in [9.17, 15) is 4.79 Å². The van der Waals surface area contributed by atoms with Crippen molar-refractivity contribution in [2.45, 2.75) is 0 Å². The number of hydrogen-bond donors (Lipinski definition) is 1. The van der Waals surface area contributed by atoms with Gasteiger partial charge in [-0.1, -0.05) is 0 Å². The van der Waals surface area contributed by atoms with Crippen LogP contribution < -0.4 is 11.4 Å². The second kappa shape index (κ2) is 3.17. The van der Waals surface area contributed by atoms with Crippen LogP contribution in [0.2, 0.25) is 0 Å². The molecule has 5 nitrogen and oxygen atoms in total. The molecule has 0 spiro atoms. The highest BCUT2D eigenvalue weighted by Gasteiger charge is 2.00. The van der Waals surface area contributed by atoms with E-state index in [1.807, 2.05) is 0 Å². The number of nitrogen functional groups attached to an aromatic ring is 1. The van der Waals surface area contributed by atoms with Crippen LogP contribution in [0.1, 0.15) is 10.4 Å². The van der Waals surface area contributed by atoms with Gasteiger partial charge in [-0.25, -0.2) is 4.98 Å². The van der Waals surface area contributed by atoms with E-state index in [0.717, 1.165) is 0 Å². The number of nitrogens with two attached hydrogens (primary N) is 1. The van der Waals surface area contributed by atoms with Gasteiger partial charge in [0.05, 0.1) is 5.56 Å². The van der Waals surface area contributed by atoms with Crippen LogP contribution >= 0.6 is 0 Å². The van der Waals surface area contributed by atoms with Crippen LogP contribution in [0.15, 0.2) is 11.2 Å². The summed E-state index contributed by atoms with van der Waals surface area (Å²) in [7, 11) is 3.32. The van der Waals surface area contributed by atoms with E-state index < -0.39 is 0 Å². The molecule has 5 heteroatoms. The molecule has 1 aromatic heterocycles. The Morgan fingerprint density at radius 3 is 2.92 bits per heavy atom. The van der Waals surface area contributed by atoms with Crippen molar-refractivity contribution in [2.75, 3.05) is 12.8 Å². The summed E-state index contributed by atoms with van der Waals surface area (Å²) in [5.74, 6) is 0.376. The number of rotatable bonds is 1. The number of aldehydes is 1. The fourth-order valence-corrected chi connectivity index (χ4v) is 0.880. The largest absolute Gasteiger partial charge is 0.384 e. The van der Waals surface area contributed by atoms with Gasteiger partial charge >= 0.3 is 0 Å². The van der Waals surface area contributed by atoms with Gasteiger partial charge in [0.1, 0.15) is 5.82 Å². The van der Waals surface area contributed by atoms with E-state index in [2.05, 4.69) is 9.98 Å². The Kier molecular flexibility index (Phi) is 2.23. The molecule has 0 amide bonds. The molecular weight excluding hydrogens is 156 g/mol. The monoisotopic (exact) mass is 166 g/mol. The van der Waals surface area contributed by atoms with E-state index in [4.69, 9.17) is 5.73 Å². The highest BCUT2D eigenvalue weighted by atomic mass is 16.1. The maximum absolute atomic E-state index is 10.4. The van der Waals surface area contributed by atoms with E-state index in [0.29, 0.717) is 23.3 Å². The number of carbonyl (C=O) groups excluding carboxylic acids is 1. The zero-order chi connectivity index (χ0) is 9.14. The third-order valence-corrected chi connectivity index (χ3v) is 1.60. The van der Waals surface area contributed by atoms with Gasteiger partial charge in [-0.05, 0) is 0 Å². The summed E-state index contributed by atoms with van der Waals surface area (Å²) in [6, 6.07) is 0. The van der Waals surface area contributed by atoms with Crippen molar-refractivity contribution in [3.05, 3.63) is 17.4 Å². The summed E-state index contributed by atoms with van der Waals surface area (Å²) in [6.07, 6.45) is 2.08. The summed E-state index contributed by atoms with van der Waals surface area (Å²) >= 11 is 0. The molecule has 0 aliphatic carbocycles. The Balaban J connectivity index is 3.50. The Morgan fingerprint density at radius 1 is 1.75 bits per heavy atom. The van der Waals surface area contributed by atoms with Crippen LogP contribution in [0.3, 0.4) is 0 Å². The first-order valence-electron chi connectivity index (χ1n) is 3.40. The van der Waals surface area contributed by atoms with Crippen molar-refractivity contribution >= 4 is 12.1 Å². The molecule has 1 heterocycles. The first kappa shape index (κ1) is 8.45. The molecule has 0 fully saturated rings. The van der Waals surface area contributed by atoms with E-state index in [1.165, 1.54) is 6.20 Å². The summed E-state index contributed by atoms with van der Waals surface area (Å²) in [5.41, 5.74) is 6.48. The SMILES string of the molecule is CN=c1ncc(C=O)c(N)n1C. The van der Waals surface area contributed by atoms with Crippen LogP contribution in [0.5, 0.6) is 0 Å². The van der Waals surface area contributed by atoms with Gasteiger partial charge in [0.15, 0.2) is 6.29 Å². The van der Waals surface area contributed by atoms with Gasteiger partial charge in [0.25, 0.3) is 0 Å². The lowest BCUT2D eigenvalue weighted by Gasteiger charge is -2.04. The van der Waals surface area contributed by atoms with Gasteiger partial charge in [0, 0.05) is 20.3 Å². The predicted octanol–water partition coefficient (Wildman–Crippen LogP) is -0.655. The average molecular weight is 166 g/mol. The molecule has 1 aromatic rings. The molecular formula is C7H10N4O. The molecule has 0 atom stereocenters. The van der Waals surface area contributed by atoms with Gasteiger partial charge in [-0.2, -0.15) is 0 Å². The zero-order valence-electron chi connectivity index (χ0n) is 6.98. The fraction of sp³-hybridized carbons (Fsp3) is 0.286. The molecule has 0 unspecified atom stereocenters. The van der Waals surface area contributed by atoms with Crippen molar-refractivity contribution in [1.29, 1.82) is 0 Å². The summed E-state index contributed by atoms with van der Waals surface area (Å²) in [6.45, 7) is 0. The third kappa shape index (κ3) is 1.20. The van der Waals surface area contributed by atoms with Crippen molar-refractivity contribution in [3.63, 3.8) is 0 Å². The van der Waals surface area contributed by atoms with Gasteiger partial charge in [-0.15, -0.1) is 0 Å². The molecule has 0 saturated heterocycles. The number of carbonyl (C=O) groups is 1. The Labute approximate surface area is 69.6 Å². The first-order valence-corrected chi connectivity index (χ1v) is 3.40. The fourth-order valence-electron chi connectivity index (χ4n) is 0.880. The second-order valence-electron chi connectivity index (χ2n) is 2.30. The lowest BCUT2D eigenvalue weighted by Crippen LogP contribution is -2.25. The van der Waals surface area contributed by atoms with Crippen molar-refractivity contribution in [2.24, 2.45) is 12.0 Å². The Hall–Kier alpha value is -1.65. The van der Waals surface area contributed by atoms with Crippen LogP contribution in [0, 0.1) is 0 Å². The number of hydrogen-bond acceptors (Lipinski definition) is 4. The van der Waals surface area contributed by atoms with Crippen molar-refractivity contribution < 1.29 is 4.79 Å². The molecule has 0 bridgehead atoms. The molecule has 0 saturated carbocycles. The maximum Gasteiger partial charge on any atom is 0.225 e. The first-order chi connectivity index (χ1) is 5.70. The van der Waals surface area contributed by atoms with Crippen LogP contribution in [-0.2, 0) is 7.05 Å². The van der Waals surface area contributed by atoms with Crippen LogP contribution in [0.25, 0.3) is 0 Å². The van der Waals surface area contributed by atoms with Crippen LogP contribution in [-0.4, -0.2) is 22.9 Å². The van der Waals surface area contributed by atoms with E-state index >= 15 is 0 Å². The highest BCUT2D eigenvalue weighted by Crippen LogP contribution is 2.01. The van der Waals surface area contributed by atoms with E-state index in [-0.39, 0.29) is 0 Å². The Morgan fingerprint density at radius 2 is 2.42 bits per heavy atom. The average Bonchev–Trinajstić information content (AvgIpc) is 2.10. The van der Waals surface area contributed by atoms with Gasteiger partial charge in [0.2, 0.25) is 5.62 Å². The molecule has 0 radical (unpaired) electrons. The summed E-state index contributed by atoms with van der Waals surface area (Å²) < 4.78 is 1.56. The predicted molar refractivity (Wildman–Crippen MR) is 44.5 cm³/mol. The second-order valence-corrected chi connectivity index (χ2v) is 2.30. The molecule has 1 rings (SSSR count). The quantitative estimate of drug-likeness (QED) is 0.563. The number of nitrogens with zero attached hydrogens (tertiary/aromatic N) is 3. The molecule has 64 valence electrons. The highest BCUT2D eigenvalue weighted by molar-refractivity contribution is 5.80. The third-order valence-electron chi connectivity index (χ3n) is 1.60. The lowest BCUT2D eigenvalue weighted by molar-refractivity contribution is 0.112. The normalized spacial score (nSPS) is 11.7. The summed E-state index contributed by atoms with van der Waals surface area (Å²) in [5, 5.41) is 0. The van der Waals surface area contributed by atoms with Crippen molar-refractivity contribution in [1.82, 2.24) is 9.55 Å².